The van der Waals surface area contributed by atoms with E-state index < -0.39 is 0 Å². The molecule has 0 aliphatic rings. The van der Waals surface area contributed by atoms with Crippen LogP contribution in [0.25, 0.3) is 4.96 Å². The van der Waals surface area contributed by atoms with Crippen LogP contribution in [0.2, 0.25) is 0 Å². The maximum Gasteiger partial charge on any atom is 0.238 e. The quantitative estimate of drug-likeness (QED) is 0.678. The van der Waals surface area contributed by atoms with Gasteiger partial charge >= 0.3 is 0 Å². The van der Waals surface area contributed by atoms with Gasteiger partial charge < -0.3 is 10.1 Å². The van der Waals surface area contributed by atoms with Crippen LogP contribution in [0.1, 0.15) is 5.69 Å². The van der Waals surface area contributed by atoms with Crippen molar-refractivity contribution in [1.82, 2.24) is 9.38 Å². The lowest BCUT2D eigenvalue weighted by Crippen LogP contribution is -2.04. The Balaban J connectivity index is 1.92. The predicted octanol–water partition coefficient (Wildman–Crippen LogP) is 4.54. The maximum absolute atomic E-state index is 5.35. The van der Waals surface area contributed by atoms with Crippen LogP contribution in [-0.2, 0) is 6.54 Å². The van der Waals surface area contributed by atoms with Crippen molar-refractivity contribution in [3.05, 3.63) is 44.4 Å². The summed E-state index contributed by atoms with van der Waals surface area (Å²) >= 11 is 8.68. The van der Waals surface area contributed by atoms with Gasteiger partial charge in [-0.2, -0.15) is 4.98 Å². The molecule has 20 heavy (non-hydrogen) atoms. The van der Waals surface area contributed by atoms with E-state index in [9.17, 15) is 0 Å². The van der Waals surface area contributed by atoms with Crippen molar-refractivity contribution in [2.24, 2.45) is 0 Å². The first-order valence-electron chi connectivity index (χ1n) is 5.87. The molecule has 2 heterocycles. The Hall–Kier alpha value is -1.05. The van der Waals surface area contributed by atoms with Crippen molar-refractivity contribution in [3.63, 3.8) is 0 Å². The Morgan fingerprint density at radius 1 is 1.35 bits per heavy atom. The number of ether oxygens (including phenoxy) is 1. The zero-order valence-electron chi connectivity index (χ0n) is 10.6. The van der Waals surface area contributed by atoms with Gasteiger partial charge in [0.1, 0.15) is 5.69 Å². The van der Waals surface area contributed by atoms with E-state index in [0.717, 1.165) is 25.3 Å². The monoisotopic (exact) mass is 415 g/mol. The third-order valence-electron chi connectivity index (χ3n) is 2.91. The average Bonchev–Trinajstić information content (AvgIpc) is 2.99. The van der Waals surface area contributed by atoms with E-state index in [1.807, 2.05) is 34.2 Å². The Morgan fingerprint density at radius 3 is 2.80 bits per heavy atom. The lowest BCUT2D eigenvalue weighted by atomic mass is 10.3. The molecular weight excluding hydrogens is 406 g/mol. The number of fused-ring (bicyclic) bond motifs is 1. The van der Waals surface area contributed by atoms with Crippen molar-refractivity contribution in [2.45, 2.75) is 6.54 Å². The van der Waals surface area contributed by atoms with Crippen molar-refractivity contribution < 1.29 is 4.74 Å². The molecule has 0 unspecified atom stereocenters. The number of hydrogen-bond donors (Lipinski definition) is 1. The third kappa shape index (κ3) is 2.45. The second-order valence-electron chi connectivity index (χ2n) is 4.07. The summed E-state index contributed by atoms with van der Waals surface area (Å²) < 4.78 is 9.41. The number of imidazole rings is 1. The molecule has 0 bridgehead atoms. The van der Waals surface area contributed by atoms with Crippen LogP contribution < -0.4 is 10.1 Å². The van der Waals surface area contributed by atoms with E-state index in [1.165, 1.54) is 0 Å². The van der Waals surface area contributed by atoms with E-state index in [4.69, 9.17) is 4.74 Å². The zero-order chi connectivity index (χ0) is 14.1. The number of benzene rings is 1. The molecule has 0 radical (unpaired) electrons. The van der Waals surface area contributed by atoms with E-state index in [1.54, 1.807) is 18.4 Å². The summed E-state index contributed by atoms with van der Waals surface area (Å²) in [4.78, 5) is 5.38. The summed E-state index contributed by atoms with van der Waals surface area (Å²) in [6, 6.07) is 5.98. The minimum atomic E-state index is 0.627. The number of nitrogens with one attached hydrogen (secondary N) is 1. The molecule has 0 saturated carbocycles. The van der Waals surface area contributed by atoms with Crippen molar-refractivity contribution >= 4 is 53.8 Å². The van der Waals surface area contributed by atoms with E-state index in [0.29, 0.717) is 12.4 Å². The zero-order valence-corrected chi connectivity index (χ0v) is 14.5. The van der Waals surface area contributed by atoms with Crippen LogP contribution in [0.15, 0.2) is 38.7 Å². The number of aromatic nitrogens is 2. The Labute approximate surface area is 137 Å². The first-order valence-corrected chi connectivity index (χ1v) is 8.33. The number of para-hydroxylation sites is 1. The number of thiazole rings is 1. The fraction of sp³-hybridized carbons (Fsp3) is 0.154. The maximum atomic E-state index is 5.35. The molecule has 2 aromatic heterocycles. The molecule has 3 aromatic rings. The summed E-state index contributed by atoms with van der Waals surface area (Å²) in [5, 5.41) is 5.42. The normalized spacial score (nSPS) is 10.9. The Morgan fingerprint density at radius 2 is 2.10 bits per heavy atom. The molecule has 7 heteroatoms. The molecule has 0 atom stereocenters. The number of nitrogens with zero attached hydrogens (tertiary/aromatic N) is 2. The van der Waals surface area contributed by atoms with Crippen molar-refractivity contribution in [2.75, 3.05) is 12.4 Å². The van der Waals surface area contributed by atoms with Crippen LogP contribution in [0.5, 0.6) is 5.88 Å². The average molecular weight is 417 g/mol. The second kappa shape index (κ2) is 5.75. The summed E-state index contributed by atoms with van der Waals surface area (Å²) in [6.45, 7) is 0.627. The number of hydrogen-bond acceptors (Lipinski definition) is 4. The van der Waals surface area contributed by atoms with Gasteiger partial charge in [-0.25, -0.2) is 0 Å². The lowest BCUT2D eigenvalue weighted by molar-refractivity contribution is 0.395. The van der Waals surface area contributed by atoms with Crippen LogP contribution in [-0.4, -0.2) is 16.5 Å². The Bertz CT molecular complexity index is 733. The first-order chi connectivity index (χ1) is 9.70. The largest absolute Gasteiger partial charge is 0.480 e. The topological polar surface area (TPSA) is 38.6 Å². The number of rotatable bonds is 4. The van der Waals surface area contributed by atoms with Crippen LogP contribution in [0.4, 0.5) is 5.69 Å². The summed E-state index contributed by atoms with van der Waals surface area (Å²) in [5.41, 5.74) is 2.02. The van der Waals surface area contributed by atoms with Crippen molar-refractivity contribution in [3.8, 4) is 5.88 Å². The molecule has 3 rings (SSSR count). The molecule has 1 N–H and O–H groups in total. The van der Waals surface area contributed by atoms with E-state index in [2.05, 4.69) is 42.2 Å². The van der Waals surface area contributed by atoms with Gasteiger partial charge in [-0.05, 0) is 44.0 Å². The minimum Gasteiger partial charge on any atom is -0.480 e. The molecule has 0 spiro atoms. The molecule has 1 aromatic carbocycles. The number of anilines is 1. The number of methoxy groups -OCH3 is 1. The van der Waals surface area contributed by atoms with Crippen LogP contribution in [0.3, 0.4) is 0 Å². The van der Waals surface area contributed by atoms with Crippen LogP contribution >= 0.6 is 43.2 Å². The first kappa shape index (κ1) is 13.9. The van der Waals surface area contributed by atoms with Crippen LogP contribution in [0, 0.1) is 0 Å². The second-order valence-corrected chi connectivity index (χ2v) is 6.66. The Kier molecular flexibility index (Phi) is 4.00. The smallest absolute Gasteiger partial charge is 0.238 e. The molecule has 0 fully saturated rings. The fourth-order valence-electron chi connectivity index (χ4n) is 1.98. The van der Waals surface area contributed by atoms with Gasteiger partial charge in [0.25, 0.3) is 0 Å². The summed E-state index contributed by atoms with van der Waals surface area (Å²) in [7, 11) is 1.64. The minimum absolute atomic E-state index is 0.627. The lowest BCUT2D eigenvalue weighted by Gasteiger charge is -2.11. The van der Waals surface area contributed by atoms with Gasteiger partial charge in [-0.15, -0.1) is 11.3 Å². The highest BCUT2D eigenvalue weighted by Gasteiger charge is 2.14. The van der Waals surface area contributed by atoms with Crippen molar-refractivity contribution in [1.29, 1.82) is 0 Å². The standard InChI is InChI=1S/C13H11Br2N3OS/c1-19-12-10(18-5-6-20-13(18)17-12)7-16-11-8(14)3-2-4-9(11)15/h2-6,16H,7H2,1H3. The molecular formula is C13H11Br2N3OS. The highest BCUT2D eigenvalue weighted by molar-refractivity contribution is 9.11. The highest BCUT2D eigenvalue weighted by Crippen LogP contribution is 2.32. The fourth-order valence-corrected chi connectivity index (χ4v) is 3.98. The SMILES string of the molecule is COc1nc2sccn2c1CNc1c(Br)cccc1Br. The third-order valence-corrected chi connectivity index (χ3v) is 4.99. The van der Waals surface area contributed by atoms with E-state index >= 15 is 0 Å². The predicted molar refractivity (Wildman–Crippen MR) is 88.8 cm³/mol. The number of halogens is 2. The molecule has 0 saturated heterocycles. The molecule has 104 valence electrons. The molecule has 0 aliphatic heterocycles. The molecule has 4 nitrogen and oxygen atoms in total. The van der Waals surface area contributed by atoms with Gasteiger partial charge in [0, 0.05) is 20.5 Å². The highest BCUT2D eigenvalue weighted by atomic mass is 79.9. The van der Waals surface area contributed by atoms with E-state index in [-0.39, 0.29) is 0 Å². The molecule has 0 aliphatic carbocycles. The van der Waals surface area contributed by atoms with Gasteiger partial charge in [0.15, 0.2) is 4.96 Å². The van der Waals surface area contributed by atoms with Gasteiger partial charge in [-0.1, -0.05) is 6.07 Å². The van der Waals surface area contributed by atoms with Gasteiger partial charge in [-0.3, -0.25) is 4.40 Å². The summed E-state index contributed by atoms with van der Waals surface area (Å²) in [6.07, 6.45) is 2.00. The molecule has 0 amide bonds. The van der Waals surface area contributed by atoms with Gasteiger partial charge in [0.2, 0.25) is 5.88 Å². The van der Waals surface area contributed by atoms with Gasteiger partial charge in [0.05, 0.1) is 19.3 Å². The summed E-state index contributed by atoms with van der Waals surface area (Å²) in [5.74, 6) is 0.660.